The number of carbonyl (C=O) groups excluding carboxylic acids is 3. The van der Waals surface area contributed by atoms with E-state index in [0.717, 1.165) is 11.1 Å². The number of ether oxygens (including phenoxy) is 2. The highest BCUT2D eigenvalue weighted by Gasteiger charge is 2.12. The lowest BCUT2D eigenvalue weighted by Crippen LogP contribution is -2.24. The van der Waals surface area contributed by atoms with Gasteiger partial charge in [0, 0.05) is 23.4 Å². The van der Waals surface area contributed by atoms with Gasteiger partial charge in [0.15, 0.2) is 0 Å². The van der Waals surface area contributed by atoms with Crippen molar-refractivity contribution in [2.24, 2.45) is 0 Å². The molecular formula is C25H24N2O5. The maximum absolute atomic E-state index is 12.6. The van der Waals surface area contributed by atoms with Crippen molar-refractivity contribution in [3.05, 3.63) is 95.1 Å². The van der Waals surface area contributed by atoms with Gasteiger partial charge in [0.05, 0.1) is 6.61 Å². The van der Waals surface area contributed by atoms with Gasteiger partial charge in [0.25, 0.3) is 11.8 Å². The molecular weight excluding hydrogens is 408 g/mol. The Labute approximate surface area is 186 Å². The first kappa shape index (κ1) is 22.6. The maximum Gasteiger partial charge on any atom is 0.513 e. The molecule has 0 atom stereocenters. The normalized spacial score (nSPS) is 10.2. The number of hydrogen-bond acceptors (Lipinski definition) is 5. The van der Waals surface area contributed by atoms with Crippen molar-refractivity contribution in [3.63, 3.8) is 0 Å². The van der Waals surface area contributed by atoms with E-state index in [-0.39, 0.29) is 30.7 Å². The van der Waals surface area contributed by atoms with Crippen LogP contribution in [-0.2, 0) is 11.3 Å². The lowest BCUT2D eigenvalue weighted by Gasteiger charge is -2.12. The molecule has 0 saturated heterocycles. The van der Waals surface area contributed by atoms with E-state index in [0.29, 0.717) is 16.8 Å². The Bertz CT molecular complexity index is 1110. The van der Waals surface area contributed by atoms with Crippen LogP contribution in [-0.4, -0.2) is 24.6 Å². The number of rotatable bonds is 7. The summed E-state index contributed by atoms with van der Waals surface area (Å²) in [5, 5.41) is 5.74. The molecule has 0 fully saturated rings. The molecule has 0 aliphatic carbocycles. The molecule has 3 rings (SSSR count). The number of nitrogens with one attached hydrogen (secondary N) is 2. The van der Waals surface area contributed by atoms with Crippen LogP contribution in [0.1, 0.15) is 38.8 Å². The Morgan fingerprint density at radius 2 is 1.59 bits per heavy atom. The molecule has 164 valence electrons. The Kier molecular flexibility index (Phi) is 7.59. The molecule has 0 heterocycles. The average molecular weight is 432 g/mol. The van der Waals surface area contributed by atoms with Crippen LogP contribution in [0.2, 0.25) is 0 Å². The Morgan fingerprint density at radius 3 is 2.31 bits per heavy atom. The number of amides is 2. The molecule has 7 nitrogen and oxygen atoms in total. The van der Waals surface area contributed by atoms with Crippen molar-refractivity contribution >= 4 is 23.7 Å². The molecule has 7 heteroatoms. The van der Waals surface area contributed by atoms with Gasteiger partial charge in [-0.1, -0.05) is 35.9 Å². The fourth-order valence-corrected chi connectivity index (χ4v) is 2.97. The standard InChI is InChI=1S/C25H24N2O5/c1-3-31-25(30)32-21-13-11-18(12-14-21)23(28)26-16-20-8-4-5-10-22(20)27-24(29)19-9-6-7-17(2)15-19/h4-15H,3,16H2,1-2H3,(H,26,28)(H,27,29). The quantitative estimate of drug-likeness (QED) is 0.416. The van der Waals surface area contributed by atoms with Crippen molar-refractivity contribution in [3.8, 4) is 5.75 Å². The predicted molar refractivity (Wildman–Crippen MR) is 121 cm³/mol. The number of anilines is 1. The minimum absolute atomic E-state index is 0.215. The van der Waals surface area contributed by atoms with Gasteiger partial charge in [-0.2, -0.15) is 0 Å². The van der Waals surface area contributed by atoms with Crippen LogP contribution in [0.5, 0.6) is 5.75 Å². The fourth-order valence-electron chi connectivity index (χ4n) is 2.97. The summed E-state index contributed by atoms with van der Waals surface area (Å²) in [6, 6.07) is 20.7. The van der Waals surface area contributed by atoms with Crippen LogP contribution in [0.25, 0.3) is 0 Å². The van der Waals surface area contributed by atoms with Crippen LogP contribution in [0.15, 0.2) is 72.8 Å². The van der Waals surface area contributed by atoms with Crippen molar-refractivity contribution < 1.29 is 23.9 Å². The molecule has 0 aliphatic rings. The Hall–Kier alpha value is -4.13. The highest BCUT2D eigenvalue weighted by molar-refractivity contribution is 6.04. The lowest BCUT2D eigenvalue weighted by molar-refractivity contribution is 0.0950. The summed E-state index contributed by atoms with van der Waals surface area (Å²) in [5.41, 5.74) is 3.36. The van der Waals surface area contributed by atoms with Crippen molar-refractivity contribution in [1.29, 1.82) is 0 Å². The number of para-hydroxylation sites is 1. The summed E-state index contributed by atoms with van der Waals surface area (Å²) in [6.07, 6.45) is -0.797. The van der Waals surface area contributed by atoms with E-state index in [4.69, 9.17) is 9.47 Å². The lowest BCUT2D eigenvalue weighted by atomic mass is 10.1. The minimum atomic E-state index is -0.797. The second kappa shape index (κ2) is 10.8. The molecule has 0 saturated carbocycles. The fraction of sp³-hybridized carbons (Fsp3) is 0.160. The number of carbonyl (C=O) groups is 3. The summed E-state index contributed by atoms with van der Waals surface area (Å²) in [5.74, 6) is -0.235. The first-order chi connectivity index (χ1) is 15.5. The summed E-state index contributed by atoms with van der Waals surface area (Å²) in [4.78, 5) is 36.5. The molecule has 0 aromatic heterocycles. The third kappa shape index (κ3) is 6.18. The third-order valence-electron chi connectivity index (χ3n) is 4.57. The van der Waals surface area contributed by atoms with E-state index in [1.165, 1.54) is 12.1 Å². The molecule has 2 amide bonds. The molecule has 3 aromatic carbocycles. The molecule has 0 radical (unpaired) electrons. The van der Waals surface area contributed by atoms with E-state index in [9.17, 15) is 14.4 Å². The van der Waals surface area contributed by atoms with Crippen LogP contribution in [0, 0.1) is 6.92 Å². The summed E-state index contributed by atoms with van der Waals surface area (Å²) < 4.78 is 9.70. The smallest absolute Gasteiger partial charge is 0.434 e. The summed E-state index contributed by atoms with van der Waals surface area (Å²) >= 11 is 0. The number of aryl methyl sites for hydroxylation is 1. The van der Waals surface area contributed by atoms with Crippen LogP contribution in [0.4, 0.5) is 10.5 Å². The van der Waals surface area contributed by atoms with E-state index < -0.39 is 6.16 Å². The van der Waals surface area contributed by atoms with Gasteiger partial charge in [-0.25, -0.2) is 4.79 Å². The highest BCUT2D eigenvalue weighted by Crippen LogP contribution is 2.18. The predicted octanol–water partition coefficient (Wildman–Crippen LogP) is 4.71. The van der Waals surface area contributed by atoms with Crippen molar-refractivity contribution in [2.45, 2.75) is 20.4 Å². The molecule has 3 aromatic rings. The zero-order chi connectivity index (χ0) is 22.9. The van der Waals surface area contributed by atoms with E-state index in [2.05, 4.69) is 10.6 Å². The molecule has 32 heavy (non-hydrogen) atoms. The summed E-state index contributed by atoms with van der Waals surface area (Å²) in [6.45, 7) is 4.05. The maximum atomic E-state index is 12.6. The highest BCUT2D eigenvalue weighted by atomic mass is 16.7. The Morgan fingerprint density at radius 1 is 0.844 bits per heavy atom. The van der Waals surface area contributed by atoms with Crippen LogP contribution < -0.4 is 15.4 Å². The number of hydrogen-bond donors (Lipinski definition) is 2. The minimum Gasteiger partial charge on any atom is -0.434 e. The second-order valence-corrected chi connectivity index (χ2v) is 6.97. The topological polar surface area (TPSA) is 93.7 Å². The number of benzene rings is 3. The Balaban J connectivity index is 1.61. The van der Waals surface area contributed by atoms with Gasteiger partial charge in [-0.15, -0.1) is 0 Å². The molecule has 0 spiro atoms. The summed E-state index contributed by atoms with van der Waals surface area (Å²) in [7, 11) is 0. The first-order valence-electron chi connectivity index (χ1n) is 10.1. The molecule has 0 aliphatic heterocycles. The molecule has 0 bridgehead atoms. The zero-order valence-electron chi connectivity index (χ0n) is 17.9. The van der Waals surface area contributed by atoms with Gasteiger partial charge in [0.2, 0.25) is 0 Å². The van der Waals surface area contributed by atoms with Crippen molar-refractivity contribution in [2.75, 3.05) is 11.9 Å². The van der Waals surface area contributed by atoms with E-state index in [1.807, 2.05) is 43.3 Å². The van der Waals surface area contributed by atoms with Gasteiger partial charge < -0.3 is 20.1 Å². The van der Waals surface area contributed by atoms with Crippen LogP contribution >= 0.6 is 0 Å². The average Bonchev–Trinajstić information content (AvgIpc) is 2.79. The second-order valence-electron chi connectivity index (χ2n) is 6.97. The van der Waals surface area contributed by atoms with Gasteiger partial charge in [-0.3, -0.25) is 9.59 Å². The molecule has 0 unspecified atom stereocenters. The SMILES string of the molecule is CCOC(=O)Oc1ccc(C(=O)NCc2ccccc2NC(=O)c2cccc(C)c2)cc1. The van der Waals surface area contributed by atoms with Gasteiger partial charge in [0.1, 0.15) is 5.75 Å². The monoisotopic (exact) mass is 432 g/mol. The van der Waals surface area contributed by atoms with E-state index >= 15 is 0 Å². The zero-order valence-corrected chi connectivity index (χ0v) is 17.9. The van der Waals surface area contributed by atoms with Crippen molar-refractivity contribution in [1.82, 2.24) is 5.32 Å². The molecule has 2 N–H and O–H groups in total. The van der Waals surface area contributed by atoms with Gasteiger partial charge >= 0.3 is 6.16 Å². The van der Waals surface area contributed by atoms with E-state index in [1.54, 1.807) is 31.2 Å². The first-order valence-corrected chi connectivity index (χ1v) is 10.1. The largest absolute Gasteiger partial charge is 0.513 e. The van der Waals surface area contributed by atoms with Crippen LogP contribution in [0.3, 0.4) is 0 Å². The van der Waals surface area contributed by atoms with Gasteiger partial charge in [-0.05, 0) is 61.9 Å². The third-order valence-corrected chi connectivity index (χ3v) is 4.57.